The molecule has 2 heterocycles. The number of urea groups is 1. The fourth-order valence-electron chi connectivity index (χ4n) is 4.26. The SMILES string of the molecule is Cc1cccc(NC(=O)N2CCCC(C(=O)N3CC(C)CC(C(=O)O)C3)C2)c1. The predicted molar refractivity (Wildman–Crippen MR) is 106 cm³/mol. The number of rotatable bonds is 3. The minimum atomic E-state index is -0.841. The summed E-state index contributed by atoms with van der Waals surface area (Å²) in [6, 6.07) is 7.42. The third-order valence-corrected chi connectivity index (χ3v) is 5.65. The zero-order valence-electron chi connectivity index (χ0n) is 16.6. The van der Waals surface area contributed by atoms with Crippen LogP contribution in [0.3, 0.4) is 0 Å². The molecule has 7 nitrogen and oxygen atoms in total. The molecule has 1 aromatic carbocycles. The van der Waals surface area contributed by atoms with Crippen molar-refractivity contribution in [2.75, 3.05) is 31.5 Å². The van der Waals surface area contributed by atoms with E-state index < -0.39 is 11.9 Å². The van der Waals surface area contributed by atoms with Gasteiger partial charge in [0.25, 0.3) is 0 Å². The maximum absolute atomic E-state index is 13.0. The van der Waals surface area contributed by atoms with Crippen LogP contribution in [-0.4, -0.2) is 59.0 Å². The minimum Gasteiger partial charge on any atom is -0.481 e. The third kappa shape index (κ3) is 4.82. The molecular formula is C21H29N3O4. The van der Waals surface area contributed by atoms with E-state index in [0.717, 1.165) is 24.1 Å². The van der Waals surface area contributed by atoms with Gasteiger partial charge in [-0.1, -0.05) is 19.1 Å². The summed E-state index contributed by atoms with van der Waals surface area (Å²) in [4.78, 5) is 40.4. The van der Waals surface area contributed by atoms with Gasteiger partial charge in [-0.3, -0.25) is 9.59 Å². The number of carbonyl (C=O) groups is 3. The zero-order chi connectivity index (χ0) is 20.3. The number of carboxylic acid groups (broad SMARTS) is 1. The van der Waals surface area contributed by atoms with Crippen LogP contribution in [0.25, 0.3) is 0 Å². The molecule has 2 N–H and O–H groups in total. The van der Waals surface area contributed by atoms with E-state index in [4.69, 9.17) is 0 Å². The first kappa shape index (κ1) is 20.2. The number of piperidine rings is 2. The number of aliphatic carboxylic acids is 1. The van der Waals surface area contributed by atoms with Crippen molar-refractivity contribution in [3.05, 3.63) is 29.8 Å². The average Bonchev–Trinajstić information content (AvgIpc) is 2.67. The molecule has 2 fully saturated rings. The molecule has 2 saturated heterocycles. The predicted octanol–water partition coefficient (Wildman–Crippen LogP) is 2.81. The summed E-state index contributed by atoms with van der Waals surface area (Å²) in [6.45, 7) is 5.81. The van der Waals surface area contributed by atoms with E-state index in [0.29, 0.717) is 26.1 Å². The lowest BCUT2D eigenvalue weighted by Gasteiger charge is -2.39. The third-order valence-electron chi connectivity index (χ3n) is 5.65. The summed E-state index contributed by atoms with van der Waals surface area (Å²) in [5, 5.41) is 12.2. The molecule has 0 saturated carbocycles. The van der Waals surface area contributed by atoms with Crippen LogP contribution in [0, 0.1) is 24.7 Å². The molecule has 3 atom stereocenters. The van der Waals surface area contributed by atoms with Crippen LogP contribution < -0.4 is 5.32 Å². The van der Waals surface area contributed by atoms with Gasteiger partial charge in [-0.15, -0.1) is 0 Å². The standard InChI is InChI=1S/C21H29N3O4/c1-14-5-3-7-18(10-14)22-21(28)23-8-4-6-16(12-23)19(25)24-11-15(2)9-17(13-24)20(26)27/h3,5,7,10,15-17H,4,6,8-9,11-13H2,1-2H3,(H,22,28)(H,26,27). The monoisotopic (exact) mass is 387 g/mol. The highest BCUT2D eigenvalue weighted by Gasteiger charge is 2.36. The topological polar surface area (TPSA) is 90.0 Å². The number of hydrogen-bond donors (Lipinski definition) is 2. The molecule has 0 radical (unpaired) electrons. The van der Waals surface area contributed by atoms with Gasteiger partial charge in [-0.2, -0.15) is 0 Å². The van der Waals surface area contributed by atoms with Gasteiger partial charge in [0.15, 0.2) is 0 Å². The zero-order valence-corrected chi connectivity index (χ0v) is 16.6. The summed E-state index contributed by atoms with van der Waals surface area (Å²) < 4.78 is 0. The molecule has 3 unspecified atom stereocenters. The molecule has 2 aliphatic rings. The van der Waals surface area contributed by atoms with Gasteiger partial charge in [0, 0.05) is 31.9 Å². The average molecular weight is 387 g/mol. The number of anilines is 1. The summed E-state index contributed by atoms with van der Waals surface area (Å²) in [5.41, 5.74) is 1.81. The summed E-state index contributed by atoms with van der Waals surface area (Å²) in [5.74, 6) is -1.46. The second-order valence-corrected chi connectivity index (χ2v) is 8.20. The normalized spacial score (nSPS) is 25.3. The van der Waals surface area contributed by atoms with Crippen molar-refractivity contribution in [3.63, 3.8) is 0 Å². The van der Waals surface area contributed by atoms with Gasteiger partial charge in [-0.05, 0) is 49.8 Å². The maximum atomic E-state index is 13.0. The van der Waals surface area contributed by atoms with Crippen LogP contribution in [0.1, 0.15) is 31.7 Å². The summed E-state index contributed by atoms with van der Waals surface area (Å²) in [7, 11) is 0. The first-order chi connectivity index (χ1) is 13.3. The van der Waals surface area contributed by atoms with Gasteiger partial charge in [0.05, 0.1) is 11.8 Å². The van der Waals surface area contributed by atoms with Crippen LogP contribution in [0.4, 0.5) is 10.5 Å². The molecule has 0 bridgehead atoms. The summed E-state index contributed by atoms with van der Waals surface area (Å²) in [6.07, 6.45) is 2.11. The van der Waals surface area contributed by atoms with E-state index in [1.807, 2.05) is 38.1 Å². The van der Waals surface area contributed by atoms with E-state index >= 15 is 0 Å². The smallest absolute Gasteiger partial charge is 0.321 e. The first-order valence-corrected chi connectivity index (χ1v) is 9.97. The lowest BCUT2D eigenvalue weighted by Crippen LogP contribution is -2.52. The number of aryl methyl sites for hydroxylation is 1. The van der Waals surface area contributed by atoms with Gasteiger partial charge < -0.3 is 20.2 Å². The van der Waals surface area contributed by atoms with Crippen LogP contribution in [0.15, 0.2) is 24.3 Å². The molecule has 3 amide bonds. The van der Waals surface area contributed by atoms with E-state index in [1.54, 1.807) is 9.80 Å². The first-order valence-electron chi connectivity index (χ1n) is 9.97. The van der Waals surface area contributed by atoms with Gasteiger partial charge >= 0.3 is 12.0 Å². The van der Waals surface area contributed by atoms with Crippen LogP contribution in [0.5, 0.6) is 0 Å². The van der Waals surface area contributed by atoms with Crippen LogP contribution in [-0.2, 0) is 9.59 Å². The van der Waals surface area contributed by atoms with E-state index in [2.05, 4.69) is 5.32 Å². The van der Waals surface area contributed by atoms with Crippen molar-refractivity contribution in [1.29, 1.82) is 0 Å². The van der Waals surface area contributed by atoms with Crippen molar-refractivity contribution in [3.8, 4) is 0 Å². The highest BCUT2D eigenvalue weighted by Crippen LogP contribution is 2.26. The number of amides is 3. The van der Waals surface area contributed by atoms with E-state index in [-0.39, 0.29) is 30.3 Å². The van der Waals surface area contributed by atoms with E-state index in [9.17, 15) is 19.5 Å². The Hall–Kier alpha value is -2.57. The molecule has 2 aliphatic heterocycles. The van der Waals surface area contributed by atoms with Crippen molar-refractivity contribution in [2.24, 2.45) is 17.8 Å². The maximum Gasteiger partial charge on any atom is 0.321 e. The molecule has 0 spiro atoms. The number of nitrogens with zero attached hydrogens (tertiary/aromatic N) is 2. The second-order valence-electron chi connectivity index (χ2n) is 8.20. The van der Waals surface area contributed by atoms with Crippen molar-refractivity contribution < 1.29 is 19.5 Å². The molecule has 28 heavy (non-hydrogen) atoms. The number of nitrogens with one attached hydrogen (secondary N) is 1. The van der Waals surface area contributed by atoms with Crippen molar-refractivity contribution in [2.45, 2.75) is 33.1 Å². The Labute approximate surface area is 165 Å². The lowest BCUT2D eigenvalue weighted by molar-refractivity contribution is -0.148. The number of benzene rings is 1. The minimum absolute atomic E-state index is 0.0224. The Morgan fingerprint density at radius 1 is 1.11 bits per heavy atom. The fraction of sp³-hybridized carbons (Fsp3) is 0.571. The van der Waals surface area contributed by atoms with Crippen LogP contribution in [0.2, 0.25) is 0 Å². The Morgan fingerprint density at radius 3 is 2.57 bits per heavy atom. The lowest BCUT2D eigenvalue weighted by atomic mass is 9.88. The molecular weight excluding hydrogens is 358 g/mol. The Bertz CT molecular complexity index is 751. The molecule has 7 heteroatoms. The Morgan fingerprint density at radius 2 is 1.86 bits per heavy atom. The van der Waals surface area contributed by atoms with Gasteiger partial charge in [-0.25, -0.2) is 4.79 Å². The van der Waals surface area contributed by atoms with Crippen molar-refractivity contribution >= 4 is 23.6 Å². The number of likely N-dealkylation sites (tertiary alicyclic amines) is 2. The molecule has 0 aliphatic carbocycles. The Kier molecular flexibility index (Phi) is 6.21. The fourth-order valence-corrected chi connectivity index (χ4v) is 4.26. The van der Waals surface area contributed by atoms with E-state index in [1.165, 1.54) is 0 Å². The number of hydrogen-bond acceptors (Lipinski definition) is 3. The van der Waals surface area contributed by atoms with Crippen LogP contribution >= 0.6 is 0 Å². The van der Waals surface area contributed by atoms with Gasteiger partial charge in [0.2, 0.25) is 5.91 Å². The molecule has 152 valence electrons. The molecule has 3 rings (SSSR count). The molecule has 1 aromatic rings. The highest BCUT2D eigenvalue weighted by atomic mass is 16.4. The number of carbonyl (C=O) groups excluding carboxylic acids is 2. The van der Waals surface area contributed by atoms with Crippen molar-refractivity contribution in [1.82, 2.24) is 9.80 Å². The highest BCUT2D eigenvalue weighted by molar-refractivity contribution is 5.90. The van der Waals surface area contributed by atoms with Gasteiger partial charge in [0.1, 0.15) is 0 Å². The summed E-state index contributed by atoms with van der Waals surface area (Å²) >= 11 is 0. The largest absolute Gasteiger partial charge is 0.481 e. The second kappa shape index (κ2) is 8.63. The number of carboxylic acids is 1. The quantitative estimate of drug-likeness (QED) is 0.834. The Balaban J connectivity index is 1.61. The molecule has 0 aromatic heterocycles.